The average molecular weight is 214 g/mol. The standard InChI is InChI=1S/C9H14N2O2S/c1-11(4-2-3-9(12)13)5-8-6-14-7-10-8/h6-7H,2-5H2,1H3,(H,12,13). The van der Waals surface area contributed by atoms with Crippen molar-refractivity contribution in [1.82, 2.24) is 9.88 Å². The Labute approximate surface area is 87.2 Å². The van der Waals surface area contributed by atoms with E-state index in [1.54, 1.807) is 16.8 Å². The topological polar surface area (TPSA) is 53.4 Å². The van der Waals surface area contributed by atoms with Crippen molar-refractivity contribution in [1.29, 1.82) is 0 Å². The molecule has 0 spiro atoms. The number of carboxylic acid groups (broad SMARTS) is 1. The lowest BCUT2D eigenvalue weighted by Gasteiger charge is -2.13. The predicted molar refractivity (Wildman–Crippen MR) is 55.3 cm³/mol. The van der Waals surface area contributed by atoms with Crippen LogP contribution in [0.4, 0.5) is 0 Å². The van der Waals surface area contributed by atoms with Crippen LogP contribution >= 0.6 is 11.3 Å². The largest absolute Gasteiger partial charge is 0.481 e. The van der Waals surface area contributed by atoms with Crippen LogP contribution in [0.1, 0.15) is 18.5 Å². The van der Waals surface area contributed by atoms with Gasteiger partial charge in [-0.15, -0.1) is 11.3 Å². The van der Waals surface area contributed by atoms with Crippen LogP contribution in [0.15, 0.2) is 10.9 Å². The van der Waals surface area contributed by atoms with Gasteiger partial charge in [-0.25, -0.2) is 4.98 Å². The van der Waals surface area contributed by atoms with Crippen LogP contribution in [0.2, 0.25) is 0 Å². The zero-order valence-corrected chi connectivity index (χ0v) is 8.96. The average Bonchev–Trinajstić information content (AvgIpc) is 2.56. The SMILES string of the molecule is CN(CCCC(=O)O)Cc1cscn1. The second kappa shape index (κ2) is 5.72. The molecule has 1 rings (SSSR count). The Morgan fingerprint density at radius 2 is 2.50 bits per heavy atom. The van der Waals surface area contributed by atoms with Gasteiger partial charge in [-0.05, 0) is 20.0 Å². The molecule has 0 fully saturated rings. The summed E-state index contributed by atoms with van der Waals surface area (Å²) in [4.78, 5) is 16.5. The van der Waals surface area contributed by atoms with Gasteiger partial charge in [0.2, 0.25) is 0 Å². The van der Waals surface area contributed by atoms with E-state index in [0.29, 0.717) is 6.42 Å². The minimum absolute atomic E-state index is 0.238. The predicted octanol–water partition coefficient (Wildman–Crippen LogP) is 1.44. The maximum Gasteiger partial charge on any atom is 0.303 e. The van der Waals surface area contributed by atoms with Crippen molar-refractivity contribution in [3.05, 3.63) is 16.6 Å². The quantitative estimate of drug-likeness (QED) is 0.778. The molecule has 0 aliphatic heterocycles. The monoisotopic (exact) mass is 214 g/mol. The van der Waals surface area contributed by atoms with Crippen molar-refractivity contribution in [2.24, 2.45) is 0 Å². The highest BCUT2D eigenvalue weighted by Gasteiger charge is 2.03. The smallest absolute Gasteiger partial charge is 0.303 e. The Kier molecular flexibility index (Phi) is 4.55. The summed E-state index contributed by atoms with van der Waals surface area (Å²) < 4.78 is 0. The maximum atomic E-state index is 10.3. The van der Waals surface area contributed by atoms with E-state index in [0.717, 1.165) is 18.8 Å². The fraction of sp³-hybridized carbons (Fsp3) is 0.556. The van der Waals surface area contributed by atoms with Crippen LogP contribution < -0.4 is 0 Å². The van der Waals surface area contributed by atoms with Gasteiger partial charge in [0.15, 0.2) is 0 Å². The van der Waals surface area contributed by atoms with Crippen LogP contribution in [0.25, 0.3) is 0 Å². The molecule has 0 aromatic carbocycles. The number of rotatable bonds is 6. The lowest BCUT2D eigenvalue weighted by Crippen LogP contribution is -2.19. The van der Waals surface area contributed by atoms with Gasteiger partial charge in [-0.3, -0.25) is 4.79 Å². The minimum atomic E-state index is -0.730. The third-order valence-corrected chi connectivity index (χ3v) is 2.48. The highest BCUT2D eigenvalue weighted by molar-refractivity contribution is 7.07. The number of aliphatic carboxylic acids is 1. The zero-order valence-electron chi connectivity index (χ0n) is 8.14. The van der Waals surface area contributed by atoms with E-state index in [2.05, 4.69) is 9.88 Å². The lowest BCUT2D eigenvalue weighted by atomic mass is 10.3. The molecule has 4 nitrogen and oxygen atoms in total. The van der Waals surface area contributed by atoms with Crippen molar-refractivity contribution in [3.8, 4) is 0 Å². The number of carbonyl (C=O) groups is 1. The first-order valence-electron chi connectivity index (χ1n) is 4.46. The number of nitrogens with zero attached hydrogens (tertiary/aromatic N) is 2. The summed E-state index contributed by atoms with van der Waals surface area (Å²) in [5.74, 6) is -0.730. The minimum Gasteiger partial charge on any atom is -0.481 e. The van der Waals surface area contributed by atoms with Gasteiger partial charge >= 0.3 is 5.97 Å². The third-order valence-electron chi connectivity index (χ3n) is 1.85. The normalized spacial score (nSPS) is 10.7. The van der Waals surface area contributed by atoms with Gasteiger partial charge in [0.05, 0.1) is 11.2 Å². The molecule has 1 aromatic heterocycles. The van der Waals surface area contributed by atoms with Crippen molar-refractivity contribution in [2.75, 3.05) is 13.6 Å². The molecule has 0 bridgehead atoms. The van der Waals surface area contributed by atoms with Crippen molar-refractivity contribution < 1.29 is 9.90 Å². The van der Waals surface area contributed by atoms with Gasteiger partial charge in [0.25, 0.3) is 0 Å². The Hall–Kier alpha value is -0.940. The molecule has 0 saturated carbocycles. The van der Waals surface area contributed by atoms with E-state index < -0.39 is 5.97 Å². The first-order chi connectivity index (χ1) is 6.68. The summed E-state index contributed by atoms with van der Waals surface area (Å²) >= 11 is 1.58. The lowest BCUT2D eigenvalue weighted by molar-refractivity contribution is -0.137. The van der Waals surface area contributed by atoms with Gasteiger partial charge in [0, 0.05) is 18.3 Å². The van der Waals surface area contributed by atoms with Crippen molar-refractivity contribution in [2.45, 2.75) is 19.4 Å². The van der Waals surface area contributed by atoms with Crippen LogP contribution in [-0.2, 0) is 11.3 Å². The van der Waals surface area contributed by atoms with Gasteiger partial charge in [-0.1, -0.05) is 0 Å². The Bertz CT molecular complexity index is 274. The molecule has 1 N–H and O–H groups in total. The Balaban J connectivity index is 2.16. The fourth-order valence-corrected chi connectivity index (χ4v) is 1.72. The third kappa shape index (κ3) is 4.34. The molecule has 0 aliphatic carbocycles. The molecule has 0 amide bonds. The summed E-state index contributed by atoms with van der Waals surface area (Å²) in [6, 6.07) is 0. The molecule has 1 heterocycles. The number of aromatic nitrogens is 1. The Morgan fingerprint density at radius 3 is 3.07 bits per heavy atom. The fourth-order valence-electron chi connectivity index (χ4n) is 1.17. The molecule has 0 atom stereocenters. The van der Waals surface area contributed by atoms with Gasteiger partial charge < -0.3 is 10.0 Å². The first kappa shape index (κ1) is 11.1. The molecule has 1 aromatic rings. The summed E-state index contributed by atoms with van der Waals surface area (Å²) in [7, 11) is 1.97. The number of hydrogen-bond acceptors (Lipinski definition) is 4. The molecule has 14 heavy (non-hydrogen) atoms. The molecule has 78 valence electrons. The number of hydrogen-bond donors (Lipinski definition) is 1. The van der Waals surface area contributed by atoms with E-state index in [9.17, 15) is 4.79 Å². The summed E-state index contributed by atoms with van der Waals surface area (Å²) in [5.41, 5.74) is 2.85. The Morgan fingerprint density at radius 1 is 1.71 bits per heavy atom. The van der Waals surface area contributed by atoms with Crippen LogP contribution in [-0.4, -0.2) is 34.6 Å². The highest BCUT2D eigenvalue weighted by atomic mass is 32.1. The first-order valence-corrected chi connectivity index (χ1v) is 5.40. The van der Waals surface area contributed by atoms with E-state index in [-0.39, 0.29) is 6.42 Å². The maximum absolute atomic E-state index is 10.3. The highest BCUT2D eigenvalue weighted by Crippen LogP contribution is 2.04. The summed E-state index contributed by atoms with van der Waals surface area (Å²) in [6.45, 7) is 1.59. The van der Waals surface area contributed by atoms with E-state index in [1.807, 2.05) is 12.4 Å². The van der Waals surface area contributed by atoms with Crippen LogP contribution in [0, 0.1) is 0 Å². The molecule has 0 radical (unpaired) electrons. The second-order valence-electron chi connectivity index (χ2n) is 3.21. The summed E-state index contributed by atoms with van der Waals surface area (Å²) in [6.07, 6.45) is 0.928. The molecule has 5 heteroatoms. The van der Waals surface area contributed by atoms with Gasteiger partial charge in [-0.2, -0.15) is 0 Å². The van der Waals surface area contributed by atoms with Crippen molar-refractivity contribution >= 4 is 17.3 Å². The van der Waals surface area contributed by atoms with Crippen molar-refractivity contribution in [3.63, 3.8) is 0 Å². The number of carboxylic acids is 1. The second-order valence-corrected chi connectivity index (χ2v) is 3.93. The molecule has 0 saturated heterocycles. The molecule has 0 aliphatic rings. The summed E-state index contributed by atoms with van der Waals surface area (Å²) in [5, 5.41) is 10.5. The molecule has 0 unspecified atom stereocenters. The number of thiazole rings is 1. The molecular formula is C9H14N2O2S. The van der Waals surface area contributed by atoms with E-state index >= 15 is 0 Å². The van der Waals surface area contributed by atoms with Crippen LogP contribution in [0.3, 0.4) is 0 Å². The van der Waals surface area contributed by atoms with E-state index in [1.165, 1.54) is 0 Å². The molecular weight excluding hydrogens is 200 g/mol. The zero-order chi connectivity index (χ0) is 10.4. The van der Waals surface area contributed by atoms with Crippen LogP contribution in [0.5, 0.6) is 0 Å². The van der Waals surface area contributed by atoms with Gasteiger partial charge in [0.1, 0.15) is 0 Å². The van der Waals surface area contributed by atoms with E-state index in [4.69, 9.17) is 5.11 Å².